The largest absolute Gasteiger partial charge is 0.477 e. The van der Waals surface area contributed by atoms with Crippen LogP contribution in [-0.4, -0.2) is 25.1 Å². The number of sulfonamides is 1. The van der Waals surface area contributed by atoms with E-state index in [4.69, 9.17) is 14.9 Å². The van der Waals surface area contributed by atoms with Crippen LogP contribution in [0.5, 0.6) is 5.88 Å². The van der Waals surface area contributed by atoms with Gasteiger partial charge >= 0.3 is 0 Å². The van der Waals surface area contributed by atoms with E-state index in [1.54, 1.807) is 12.1 Å². The summed E-state index contributed by atoms with van der Waals surface area (Å²) in [4.78, 5) is 4.81. The van der Waals surface area contributed by atoms with Crippen molar-refractivity contribution in [2.45, 2.75) is 44.6 Å². The molecule has 1 heterocycles. The van der Waals surface area contributed by atoms with Gasteiger partial charge in [-0.05, 0) is 42.2 Å². The molecular weight excluding hydrogens is 412 g/mol. The van der Waals surface area contributed by atoms with Gasteiger partial charge in [-0.2, -0.15) is 0 Å². The van der Waals surface area contributed by atoms with Gasteiger partial charge in [-0.1, -0.05) is 56.7 Å². The van der Waals surface area contributed by atoms with Gasteiger partial charge in [0, 0.05) is 16.7 Å². The van der Waals surface area contributed by atoms with E-state index < -0.39 is 10.0 Å². The molecule has 3 N–H and O–H groups in total. The number of pyridine rings is 1. The summed E-state index contributed by atoms with van der Waals surface area (Å²) in [5.74, 6) is 0.412. The molecule has 0 atom stereocenters. The second-order valence-corrected chi connectivity index (χ2v) is 8.89. The molecule has 2 aromatic carbocycles. The minimum Gasteiger partial charge on any atom is -0.477 e. The normalized spacial score (nSPS) is 11.5. The number of primary sulfonamides is 1. The maximum Gasteiger partial charge on any atom is 0.238 e. The highest BCUT2D eigenvalue weighted by atomic mass is 32.2. The number of nitrogens with zero attached hydrogens (tertiary/aromatic N) is 1. The van der Waals surface area contributed by atoms with Crippen molar-refractivity contribution in [2.75, 3.05) is 6.61 Å². The molecule has 0 spiro atoms. The summed E-state index contributed by atoms with van der Waals surface area (Å²) in [6, 6.07) is 16.3. The van der Waals surface area contributed by atoms with E-state index in [0.29, 0.717) is 23.7 Å². The van der Waals surface area contributed by atoms with Crippen LogP contribution in [0.4, 0.5) is 0 Å². The molecule has 0 fully saturated rings. The van der Waals surface area contributed by atoms with E-state index in [0.717, 1.165) is 36.0 Å². The fraction of sp³-hybridized carbons (Fsp3) is 0.292. The van der Waals surface area contributed by atoms with Crippen molar-refractivity contribution in [3.8, 4) is 28.3 Å². The Morgan fingerprint density at radius 2 is 1.65 bits per heavy atom. The van der Waals surface area contributed by atoms with Crippen LogP contribution in [0.2, 0.25) is 0 Å². The Hall–Kier alpha value is -2.74. The number of ether oxygens (including phenoxy) is 1. The minimum atomic E-state index is -3.78. The smallest absolute Gasteiger partial charge is 0.238 e. The fourth-order valence-corrected chi connectivity index (χ4v) is 3.77. The van der Waals surface area contributed by atoms with Gasteiger partial charge in [-0.25, -0.2) is 18.5 Å². The molecule has 0 saturated carbocycles. The third kappa shape index (κ3) is 5.50. The molecule has 7 heteroatoms. The van der Waals surface area contributed by atoms with Crippen molar-refractivity contribution in [1.29, 1.82) is 0 Å². The molecule has 6 nitrogen and oxygen atoms in total. The zero-order valence-corrected chi connectivity index (χ0v) is 18.7. The number of rotatable bonds is 9. The van der Waals surface area contributed by atoms with Gasteiger partial charge in [0.25, 0.3) is 0 Å². The molecule has 164 valence electrons. The molecular formula is C24H28N2O4S. The number of benzene rings is 2. The summed E-state index contributed by atoms with van der Waals surface area (Å²) in [6.07, 6.45) is 2.82. The van der Waals surface area contributed by atoms with E-state index in [9.17, 15) is 13.5 Å². The quantitative estimate of drug-likeness (QED) is 0.483. The standard InChI is InChI=1S/C24H28N2O4S/c1-3-5-14-30-24-20(16-27)15-22(18-10-12-21(13-11-18)31(25,28)29)23(26-24)19-8-6-17(4-2)7-9-19/h6-13,15,27H,3-5,14,16H2,1-2H3,(H2,25,28,29). The molecule has 3 rings (SSSR count). The zero-order chi connectivity index (χ0) is 22.4. The Balaban J connectivity index is 2.15. The molecule has 0 aliphatic carbocycles. The number of aromatic nitrogens is 1. The van der Waals surface area contributed by atoms with Crippen molar-refractivity contribution in [3.63, 3.8) is 0 Å². The lowest BCUT2D eigenvalue weighted by Gasteiger charge is -2.16. The molecule has 0 aliphatic rings. The average Bonchev–Trinajstić information content (AvgIpc) is 2.78. The Morgan fingerprint density at radius 1 is 1.00 bits per heavy atom. The highest BCUT2D eigenvalue weighted by molar-refractivity contribution is 7.89. The maximum absolute atomic E-state index is 11.6. The molecule has 3 aromatic rings. The summed E-state index contributed by atoms with van der Waals surface area (Å²) >= 11 is 0. The fourth-order valence-electron chi connectivity index (χ4n) is 3.25. The van der Waals surface area contributed by atoms with E-state index in [2.05, 4.69) is 26.0 Å². The van der Waals surface area contributed by atoms with Crippen LogP contribution in [0, 0.1) is 0 Å². The summed E-state index contributed by atoms with van der Waals surface area (Å²) in [5.41, 5.74) is 4.95. The van der Waals surface area contributed by atoms with Crippen LogP contribution >= 0.6 is 0 Å². The van der Waals surface area contributed by atoms with Gasteiger partial charge < -0.3 is 9.84 Å². The number of aliphatic hydroxyl groups excluding tert-OH is 1. The van der Waals surface area contributed by atoms with Crippen LogP contribution in [0.3, 0.4) is 0 Å². The van der Waals surface area contributed by atoms with Crippen LogP contribution in [-0.2, 0) is 23.1 Å². The number of hydrogen-bond acceptors (Lipinski definition) is 5. The van der Waals surface area contributed by atoms with Gasteiger partial charge in [0.2, 0.25) is 15.9 Å². The summed E-state index contributed by atoms with van der Waals surface area (Å²) < 4.78 is 29.1. The van der Waals surface area contributed by atoms with Gasteiger partial charge in [-0.15, -0.1) is 0 Å². The Bertz CT molecular complexity index is 1130. The SMILES string of the molecule is CCCCOc1nc(-c2ccc(CC)cc2)c(-c2ccc(S(N)(=O)=O)cc2)cc1CO. The third-order valence-corrected chi connectivity index (χ3v) is 6.03. The first-order chi connectivity index (χ1) is 14.9. The van der Waals surface area contributed by atoms with E-state index in [-0.39, 0.29) is 11.5 Å². The van der Waals surface area contributed by atoms with Crippen LogP contribution in [0.25, 0.3) is 22.4 Å². The molecule has 31 heavy (non-hydrogen) atoms. The maximum atomic E-state index is 11.6. The number of nitrogens with two attached hydrogens (primary N) is 1. The molecule has 0 bridgehead atoms. The molecule has 0 radical (unpaired) electrons. The van der Waals surface area contributed by atoms with E-state index in [1.165, 1.54) is 17.7 Å². The highest BCUT2D eigenvalue weighted by Crippen LogP contribution is 2.35. The van der Waals surface area contributed by atoms with Gasteiger partial charge in [-0.3, -0.25) is 0 Å². The number of aryl methyl sites for hydroxylation is 1. The summed E-state index contributed by atoms with van der Waals surface area (Å²) in [6.45, 7) is 4.49. The first-order valence-corrected chi connectivity index (χ1v) is 11.9. The second kappa shape index (κ2) is 10.0. The predicted octanol–water partition coefficient (Wildman–Crippen LogP) is 4.30. The first-order valence-electron chi connectivity index (χ1n) is 10.4. The molecule has 0 unspecified atom stereocenters. The average molecular weight is 441 g/mol. The summed E-state index contributed by atoms with van der Waals surface area (Å²) in [7, 11) is -3.78. The molecule has 1 aromatic heterocycles. The van der Waals surface area contributed by atoms with Crippen LogP contribution in [0.1, 0.15) is 37.8 Å². The monoisotopic (exact) mass is 440 g/mol. The molecule has 0 amide bonds. The topological polar surface area (TPSA) is 103 Å². The number of aliphatic hydroxyl groups is 1. The molecule has 0 saturated heterocycles. The Kier molecular flexibility index (Phi) is 7.43. The predicted molar refractivity (Wildman–Crippen MR) is 122 cm³/mol. The first kappa shape index (κ1) is 22.9. The Labute approximate surface area is 183 Å². The molecule has 0 aliphatic heterocycles. The lowest BCUT2D eigenvalue weighted by atomic mass is 9.97. The summed E-state index contributed by atoms with van der Waals surface area (Å²) in [5, 5.41) is 15.1. The van der Waals surface area contributed by atoms with Crippen molar-refractivity contribution in [3.05, 3.63) is 65.7 Å². The zero-order valence-electron chi connectivity index (χ0n) is 17.8. The second-order valence-electron chi connectivity index (χ2n) is 7.33. The third-order valence-electron chi connectivity index (χ3n) is 5.10. The van der Waals surface area contributed by atoms with Gasteiger partial charge in [0.1, 0.15) is 0 Å². The van der Waals surface area contributed by atoms with Crippen molar-refractivity contribution >= 4 is 10.0 Å². The van der Waals surface area contributed by atoms with Gasteiger partial charge in [0.05, 0.1) is 23.8 Å². The van der Waals surface area contributed by atoms with Crippen molar-refractivity contribution < 1.29 is 18.3 Å². The van der Waals surface area contributed by atoms with Crippen LogP contribution in [0.15, 0.2) is 59.5 Å². The van der Waals surface area contributed by atoms with Gasteiger partial charge in [0.15, 0.2) is 0 Å². The Morgan fingerprint density at radius 3 is 2.19 bits per heavy atom. The number of unbranched alkanes of at least 4 members (excludes halogenated alkanes) is 1. The number of hydrogen-bond donors (Lipinski definition) is 2. The van der Waals surface area contributed by atoms with Crippen molar-refractivity contribution in [1.82, 2.24) is 4.98 Å². The lowest BCUT2D eigenvalue weighted by molar-refractivity contribution is 0.255. The van der Waals surface area contributed by atoms with Crippen LogP contribution < -0.4 is 9.88 Å². The van der Waals surface area contributed by atoms with E-state index >= 15 is 0 Å². The lowest BCUT2D eigenvalue weighted by Crippen LogP contribution is -2.11. The minimum absolute atomic E-state index is 0.0416. The van der Waals surface area contributed by atoms with Crippen molar-refractivity contribution in [2.24, 2.45) is 5.14 Å². The van der Waals surface area contributed by atoms with E-state index in [1.807, 2.05) is 18.2 Å². The highest BCUT2D eigenvalue weighted by Gasteiger charge is 2.17.